The molecule has 0 aliphatic rings. The minimum absolute atomic E-state index is 0.365. The summed E-state index contributed by atoms with van der Waals surface area (Å²) in [4.78, 5) is 9.90. The van der Waals surface area contributed by atoms with Crippen LogP contribution in [0.3, 0.4) is 0 Å². The molecule has 1 unspecified atom stereocenters. The van der Waals surface area contributed by atoms with Gasteiger partial charge >= 0.3 is 0 Å². The van der Waals surface area contributed by atoms with Crippen LogP contribution < -0.4 is 5.32 Å². The first-order valence-corrected chi connectivity index (χ1v) is 7.74. The van der Waals surface area contributed by atoms with Crippen molar-refractivity contribution in [3.05, 3.63) is 60.4 Å². The monoisotopic (exact) mass is 295 g/mol. The van der Waals surface area contributed by atoms with E-state index in [0.717, 1.165) is 15.9 Å². The Bertz CT molecular complexity index is 735. The van der Waals surface area contributed by atoms with Gasteiger partial charge in [0.2, 0.25) is 0 Å². The van der Waals surface area contributed by atoms with E-state index < -0.39 is 0 Å². The lowest BCUT2D eigenvalue weighted by molar-refractivity contribution is 0.652. The van der Waals surface area contributed by atoms with Gasteiger partial charge in [0.1, 0.15) is 11.4 Å². The molecule has 3 aromatic rings. The largest absolute Gasteiger partial charge is 0.313 e. The molecule has 21 heavy (non-hydrogen) atoms. The Kier molecular flexibility index (Phi) is 4.18. The molecule has 1 aromatic heterocycles. The summed E-state index contributed by atoms with van der Waals surface area (Å²) in [6.07, 6.45) is 1.63. The van der Waals surface area contributed by atoms with Gasteiger partial charge in [0.25, 0.3) is 0 Å². The van der Waals surface area contributed by atoms with E-state index in [-0.39, 0.29) is 0 Å². The van der Waals surface area contributed by atoms with E-state index in [9.17, 15) is 0 Å². The highest BCUT2D eigenvalue weighted by Crippen LogP contribution is 2.31. The standard InChI is InChI=1S/C17H17N3S/c1-12(18-2)13-7-9-14(10-8-13)21-17-15-5-3-4-6-16(15)19-11-20-17/h3-12,18H,1-2H3. The quantitative estimate of drug-likeness (QED) is 0.737. The van der Waals surface area contributed by atoms with Crippen LogP contribution in [0.15, 0.2) is 64.8 Å². The van der Waals surface area contributed by atoms with Crippen molar-refractivity contribution in [3.8, 4) is 0 Å². The third-order valence-corrected chi connectivity index (χ3v) is 4.56. The fourth-order valence-corrected chi connectivity index (χ4v) is 3.04. The Morgan fingerprint density at radius 3 is 2.52 bits per heavy atom. The molecular weight excluding hydrogens is 278 g/mol. The zero-order chi connectivity index (χ0) is 14.7. The summed E-state index contributed by atoms with van der Waals surface area (Å²) in [7, 11) is 1.97. The molecule has 106 valence electrons. The van der Waals surface area contributed by atoms with E-state index in [4.69, 9.17) is 0 Å². The number of rotatable bonds is 4. The van der Waals surface area contributed by atoms with Crippen LogP contribution in [0.5, 0.6) is 0 Å². The van der Waals surface area contributed by atoms with Crippen molar-refractivity contribution >= 4 is 22.7 Å². The van der Waals surface area contributed by atoms with Crippen molar-refractivity contribution in [1.82, 2.24) is 15.3 Å². The van der Waals surface area contributed by atoms with Gasteiger partial charge in [0.15, 0.2) is 0 Å². The summed E-state index contributed by atoms with van der Waals surface area (Å²) >= 11 is 1.67. The molecule has 0 amide bonds. The normalized spacial score (nSPS) is 12.5. The molecule has 0 saturated carbocycles. The number of aromatic nitrogens is 2. The van der Waals surface area contributed by atoms with Gasteiger partial charge in [-0.15, -0.1) is 0 Å². The average Bonchev–Trinajstić information content (AvgIpc) is 2.55. The predicted octanol–water partition coefficient (Wildman–Crippen LogP) is 4.06. The number of fused-ring (bicyclic) bond motifs is 1. The minimum atomic E-state index is 0.365. The van der Waals surface area contributed by atoms with Gasteiger partial charge in [-0.2, -0.15) is 0 Å². The highest BCUT2D eigenvalue weighted by molar-refractivity contribution is 7.99. The minimum Gasteiger partial charge on any atom is -0.313 e. The number of nitrogens with one attached hydrogen (secondary N) is 1. The fourth-order valence-electron chi connectivity index (χ4n) is 2.16. The first-order valence-electron chi connectivity index (χ1n) is 6.93. The van der Waals surface area contributed by atoms with E-state index in [1.54, 1.807) is 18.1 Å². The molecule has 1 N–H and O–H groups in total. The van der Waals surface area contributed by atoms with Gasteiger partial charge in [-0.3, -0.25) is 0 Å². The molecule has 4 heteroatoms. The van der Waals surface area contributed by atoms with Crippen LogP contribution in [-0.4, -0.2) is 17.0 Å². The van der Waals surface area contributed by atoms with Crippen LogP contribution in [0, 0.1) is 0 Å². The number of para-hydroxylation sites is 1. The van der Waals surface area contributed by atoms with Crippen molar-refractivity contribution in [1.29, 1.82) is 0 Å². The average molecular weight is 295 g/mol. The van der Waals surface area contributed by atoms with Crippen molar-refractivity contribution in [2.45, 2.75) is 22.9 Å². The van der Waals surface area contributed by atoms with Crippen LogP contribution in [0.25, 0.3) is 10.9 Å². The molecule has 3 rings (SSSR count). The van der Waals surface area contributed by atoms with E-state index in [1.807, 2.05) is 25.2 Å². The molecule has 2 aromatic carbocycles. The van der Waals surface area contributed by atoms with Gasteiger partial charge in [-0.05, 0) is 37.7 Å². The summed E-state index contributed by atoms with van der Waals surface area (Å²) in [5.41, 5.74) is 2.27. The van der Waals surface area contributed by atoms with Crippen LogP contribution in [-0.2, 0) is 0 Å². The molecule has 0 fully saturated rings. The van der Waals surface area contributed by atoms with Crippen LogP contribution in [0.2, 0.25) is 0 Å². The second-order valence-electron chi connectivity index (χ2n) is 4.88. The van der Waals surface area contributed by atoms with Crippen LogP contribution in [0.1, 0.15) is 18.5 Å². The maximum Gasteiger partial charge on any atom is 0.117 e. The van der Waals surface area contributed by atoms with E-state index in [0.29, 0.717) is 6.04 Å². The first-order chi connectivity index (χ1) is 10.3. The van der Waals surface area contributed by atoms with Gasteiger partial charge in [-0.1, -0.05) is 42.1 Å². The highest BCUT2D eigenvalue weighted by atomic mass is 32.2. The molecule has 1 atom stereocenters. The lowest BCUT2D eigenvalue weighted by atomic mass is 10.1. The van der Waals surface area contributed by atoms with Gasteiger partial charge in [0, 0.05) is 16.3 Å². The third-order valence-electron chi connectivity index (χ3n) is 3.53. The smallest absolute Gasteiger partial charge is 0.117 e. The Balaban J connectivity index is 1.88. The number of benzene rings is 2. The summed E-state index contributed by atoms with van der Waals surface area (Å²) in [6.45, 7) is 2.15. The molecule has 0 spiro atoms. The Morgan fingerprint density at radius 1 is 1.00 bits per heavy atom. The Morgan fingerprint density at radius 2 is 1.76 bits per heavy atom. The van der Waals surface area contributed by atoms with Crippen molar-refractivity contribution < 1.29 is 0 Å². The molecule has 0 radical (unpaired) electrons. The van der Waals surface area contributed by atoms with Crippen LogP contribution in [0.4, 0.5) is 0 Å². The highest BCUT2D eigenvalue weighted by Gasteiger charge is 2.06. The van der Waals surface area contributed by atoms with Crippen molar-refractivity contribution in [2.75, 3.05) is 7.05 Å². The lowest BCUT2D eigenvalue weighted by Gasteiger charge is -2.11. The van der Waals surface area contributed by atoms with Gasteiger partial charge in [-0.25, -0.2) is 9.97 Å². The fraction of sp³-hybridized carbons (Fsp3) is 0.176. The van der Waals surface area contributed by atoms with E-state index in [1.165, 1.54) is 10.5 Å². The number of hydrogen-bond donors (Lipinski definition) is 1. The molecule has 1 heterocycles. The topological polar surface area (TPSA) is 37.8 Å². The molecule has 0 saturated heterocycles. The number of hydrogen-bond acceptors (Lipinski definition) is 4. The third kappa shape index (κ3) is 3.06. The van der Waals surface area contributed by atoms with Crippen molar-refractivity contribution in [3.63, 3.8) is 0 Å². The summed E-state index contributed by atoms with van der Waals surface area (Å²) < 4.78 is 0. The van der Waals surface area contributed by atoms with Crippen LogP contribution >= 0.6 is 11.8 Å². The Hall–Kier alpha value is -1.91. The zero-order valence-corrected chi connectivity index (χ0v) is 12.9. The summed E-state index contributed by atoms with van der Waals surface area (Å²) in [6, 6.07) is 17.1. The second-order valence-corrected chi connectivity index (χ2v) is 5.94. The molecular formula is C17H17N3S. The predicted molar refractivity (Wildman–Crippen MR) is 87.6 cm³/mol. The summed E-state index contributed by atoms with van der Waals surface area (Å²) in [5, 5.41) is 5.34. The molecule has 0 aliphatic carbocycles. The van der Waals surface area contributed by atoms with Crippen molar-refractivity contribution in [2.24, 2.45) is 0 Å². The van der Waals surface area contributed by atoms with Gasteiger partial charge in [0.05, 0.1) is 5.52 Å². The maximum atomic E-state index is 4.42. The molecule has 3 nitrogen and oxygen atoms in total. The van der Waals surface area contributed by atoms with E-state index in [2.05, 4.69) is 52.5 Å². The Labute approximate surface area is 128 Å². The van der Waals surface area contributed by atoms with E-state index >= 15 is 0 Å². The second kappa shape index (κ2) is 6.24. The summed E-state index contributed by atoms with van der Waals surface area (Å²) in [5.74, 6) is 0. The maximum absolute atomic E-state index is 4.42. The first kappa shape index (κ1) is 14.0. The zero-order valence-electron chi connectivity index (χ0n) is 12.1. The SMILES string of the molecule is CNC(C)c1ccc(Sc2ncnc3ccccc23)cc1. The lowest BCUT2D eigenvalue weighted by Crippen LogP contribution is -2.11. The molecule has 0 bridgehead atoms. The van der Waals surface area contributed by atoms with Gasteiger partial charge < -0.3 is 5.32 Å². The number of nitrogens with zero attached hydrogens (tertiary/aromatic N) is 2. The molecule has 0 aliphatic heterocycles.